The number of hydrogen-bond donors (Lipinski definition) is 2. The highest BCUT2D eigenvalue weighted by atomic mass is 79.9. The van der Waals surface area contributed by atoms with Crippen LogP contribution >= 0.6 is 28.1 Å². The Morgan fingerprint density at radius 3 is 2.53 bits per heavy atom. The number of nitrogens with one attached hydrogen (secondary N) is 2. The summed E-state index contributed by atoms with van der Waals surface area (Å²) in [6.07, 6.45) is 2.87. The quantitative estimate of drug-likeness (QED) is 0.271. The fourth-order valence-electron chi connectivity index (χ4n) is 4.30. The van der Waals surface area contributed by atoms with Crippen LogP contribution in [0.25, 0.3) is 11.3 Å². The van der Waals surface area contributed by atoms with E-state index in [9.17, 15) is 8.42 Å². The fourth-order valence-corrected chi connectivity index (χ4v) is 5.90. The first-order valence-corrected chi connectivity index (χ1v) is 14.2. The monoisotopic (exact) mass is 582 g/mol. The van der Waals surface area contributed by atoms with Crippen molar-refractivity contribution in [1.82, 2.24) is 10.3 Å². The lowest BCUT2D eigenvalue weighted by molar-refractivity contribution is 0.439. The number of pyridine rings is 1. The largest absolute Gasteiger partial charge is 0.459 e. The molecule has 0 bridgehead atoms. The molecule has 2 N–H and O–H groups in total. The Bertz CT molecular complexity index is 1520. The first kappa shape index (κ1) is 24.5. The Kier molecular flexibility index (Phi) is 6.59. The van der Waals surface area contributed by atoms with Crippen molar-refractivity contribution in [3.63, 3.8) is 0 Å². The van der Waals surface area contributed by atoms with Gasteiger partial charge in [0.05, 0.1) is 18.0 Å². The summed E-state index contributed by atoms with van der Waals surface area (Å²) in [6, 6.07) is 22.3. The van der Waals surface area contributed by atoms with Gasteiger partial charge in [0.2, 0.25) is 10.0 Å². The third-order valence-electron chi connectivity index (χ3n) is 5.86. The minimum Gasteiger partial charge on any atom is -0.459 e. The second-order valence-corrected chi connectivity index (χ2v) is 11.6. The van der Waals surface area contributed by atoms with Crippen LogP contribution in [0.3, 0.4) is 0 Å². The highest BCUT2D eigenvalue weighted by Crippen LogP contribution is 2.43. The molecule has 0 radical (unpaired) electrons. The molecule has 10 heteroatoms. The fraction of sp³-hybridized carbons (Fsp3) is 0.154. The molecule has 7 nitrogen and oxygen atoms in total. The van der Waals surface area contributed by atoms with Gasteiger partial charge in [-0.15, -0.1) is 0 Å². The lowest BCUT2D eigenvalue weighted by Gasteiger charge is -2.26. The topological polar surface area (TPSA) is 87.5 Å². The number of furan rings is 1. The van der Waals surface area contributed by atoms with E-state index < -0.39 is 10.0 Å². The maximum atomic E-state index is 11.6. The van der Waals surface area contributed by atoms with Crippen LogP contribution in [0.1, 0.15) is 29.1 Å². The van der Waals surface area contributed by atoms with Gasteiger partial charge >= 0.3 is 0 Å². The van der Waals surface area contributed by atoms with Gasteiger partial charge in [0.15, 0.2) is 5.11 Å². The Hall–Kier alpha value is -3.21. The summed E-state index contributed by atoms with van der Waals surface area (Å²) < 4.78 is 33.1. The summed E-state index contributed by atoms with van der Waals surface area (Å²) in [5.41, 5.74) is 4.21. The van der Waals surface area contributed by atoms with E-state index in [1.165, 1.54) is 0 Å². The van der Waals surface area contributed by atoms with Crippen LogP contribution < -0.4 is 14.9 Å². The number of aryl methyl sites for hydroxylation is 1. The van der Waals surface area contributed by atoms with Crippen LogP contribution in [-0.2, 0) is 10.0 Å². The molecule has 1 saturated heterocycles. The first-order chi connectivity index (χ1) is 17.2. The van der Waals surface area contributed by atoms with E-state index >= 15 is 0 Å². The van der Waals surface area contributed by atoms with Crippen LogP contribution in [0.5, 0.6) is 0 Å². The molecule has 2 atom stereocenters. The Morgan fingerprint density at radius 2 is 1.86 bits per heavy atom. The molecule has 0 amide bonds. The van der Waals surface area contributed by atoms with Gasteiger partial charge < -0.3 is 14.6 Å². The van der Waals surface area contributed by atoms with Crippen molar-refractivity contribution in [3.05, 3.63) is 100 Å². The molecule has 0 spiro atoms. The second kappa shape index (κ2) is 9.68. The molecule has 0 aliphatic carbocycles. The van der Waals surface area contributed by atoms with Crippen LogP contribution in [0.15, 0.2) is 87.9 Å². The number of halogens is 1. The molecular weight excluding hydrogens is 560 g/mol. The highest BCUT2D eigenvalue weighted by Gasteiger charge is 2.42. The average Bonchev–Trinajstić information content (AvgIpc) is 3.44. The van der Waals surface area contributed by atoms with E-state index in [-0.39, 0.29) is 12.1 Å². The first-order valence-electron chi connectivity index (χ1n) is 11.1. The van der Waals surface area contributed by atoms with Crippen LogP contribution in [-0.4, -0.2) is 24.8 Å². The zero-order chi connectivity index (χ0) is 25.4. The molecule has 184 valence electrons. The van der Waals surface area contributed by atoms with Gasteiger partial charge in [-0.1, -0.05) is 28.1 Å². The normalized spacial score (nSPS) is 17.8. The van der Waals surface area contributed by atoms with Crippen molar-refractivity contribution in [1.29, 1.82) is 0 Å². The number of rotatable bonds is 6. The maximum absolute atomic E-state index is 11.6. The van der Waals surface area contributed by atoms with Crippen LogP contribution in [0.2, 0.25) is 0 Å². The number of aromatic nitrogens is 1. The Morgan fingerprint density at radius 1 is 1.08 bits per heavy atom. The van der Waals surface area contributed by atoms with E-state index in [1.807, 2.05) is 66.4 Å². The van der Waals surface area contributed by atoms with Gasteiger partial charge in [0.1, 0.15) is 17.6 Å². The van der Waals surface area contributed by atoms with E-state index in [1.54, 1.807) is 18.3 Å². The van der Waals surface area contributed by atoms with Gasteiger partial charge in [-0.2, -0.15) is 0 Å². The van der Waals surface area contributed by atoms with Crippen molar-refractivity contribution < 1.29 is 12.8 Å². The summed E-state index contributed by atoms with van der Waals surface area (Å²) in [5, 5.41) is 3.92. The zero-order valence-corrected chi connectivity index (χ0v) is 22.7. The summed E-state index contributed by atoms with van der Waals surface area (Å²) in [4.78, 5) is 6.55. The van der Waals surface area contributed by atoms with E-state index in [0.29, 0.717) is 10.8 Å². The SMILES string of the molecule is Cc1ccc(-c2ccc([C@H]3[C@H](c4ccccn4)NC(=S)N3c3ccc(NS(C)(=O)=O)cc3)o2)c(Br)c1. The lowest BCUT2D eigenvalue weighted by Crippen LogP contribution is -2.29. The van der Waals surface area contributed by atoms with Gasteiger partial charge in [0, 0.05) is 27.6 Å². The van der Waals surface area contributed by atoms with Gasteiger partial charge in [-0.3, -0.25) is 9.71 Å². The summed E-state index contributed by atoms with van der Waals surface area (Å²) in [6.45, 7) is 2.04. The van der Waals surface area contributed by atoms with E-state index in [0.717, 1.165) is 44.8 Å². The Balaban J connectivity index is 1.56. The number of thiocarbonyl (C=S) groups is 1. The molecule has 2 aromatic heterocycles. The van der Waals surface area contributed by atoms with Gasteiger partial charge in [-0.05, 0) is 85.4 Å². The predicted octanol–water partition coefficient (Wildman–Crippen LogP) is 5.96. The molecule has 2 aromatic carbocycles. The molecule has 0 saturated carbocycles. The van der Waals surface area contributed by atoms with Crippen molar-refractivity contribution in [3.8, 4) is 11.3 Å². The molecule has 1 aliphatic rings. The third-order valence-corrected chi connectivity index (χ3v) is 7.43. The van der Waals surface area contributed by atoms with Crippen molar-refractivity contribution in [2.75, 3.05) is 15.9 Å². The smallest absolute Gasteiger partial charge is 0.229 e. The maximum Gasteiger partial charge on any atom is 0.229 e. The number of anilines is 2. The van der Waals surface area contributed by atoms with Crippen molar-refractivity contribution >= 4 is 54.7 Å². The minimum absolute atomic E-state index is 0.257. The lowest BCUT2D eigenvalue weighted by atomic mass is 10.0. The van der Waals surface area contributed by atoms with Crippen molar-refractivity contribution in [2.45, 2.75) is 19.0 Å². The van der Waals surface area contributed by atoms with E-state index in [2.05, 4.69) is 37.0 Å². The third kappa shape index (κ3) is 5.02. The average molecular weight is 584 g/mol. The Labute approximate surface area is 223 Å². The van der Waals surface area contributed by atoms with Crippen molar-refractivity contribution in [2.24, 2.45) is 0 Å². The molecule has 0 unspecified atom stereocenters. The number of sulfonamides is 1. The summed E-state index contributed by atoms with van der Waals surface area (Å²) in [7, 11) is -3.38. The van der Waals surface area contributed by atoms with Gasteiger partial charge in [0.25, 0.3) is 0 Å². The second-order valence-electron chi connectivity index (χ2n) is 8.60. The van der Waals surface area contributed by atoms with Crippen LogP contribution in [0, 0.1) is 6.92 Å². The zero-order valence-electron chi connectivity index (χ0n) is 19.5. The summed E-state index contributed by atoms with van der Waals surface area (Å²) >= 11 is 9.41. The predicted molar refractivity (Wildman–Crippen MR) is 149 cm³/mol. The number of nitrogens with zero attached hydrogens (tertiary/aromatic N) is 2. The molecule has 1 fully saturated rings. The minimum atomic E-state index is -3.38. The number of benzene rings is 2. The standard InChI is InChI=1S/C26H23BrN4O3S2/c1-16-6-11-19(20(27)15-16)22-12-13-23(34-22)25-24(21-5-3-4-14-28-21)29-26(35)31(25)18-9-7-17(8-10-18)30-36(2,32)33/h3-15,24-25,30H,1-2H3,(H,29,35)/t24-,25-/m0/s1. The molecule has 36 heavy (non-hydrogen) atoms. The molecule has 5 rings (SSSR count). The van der Waals surface area contributed by atoms with E-state index in [4.69, 9.17) is 16.6 Å². The highest BCUT2D eigenvalue weighted by molar-refractivity contribution is 9.10. The number of hydrogen-bond acceptors (Lipinski definition) is 5. The summed E-state index contributed by atoms with van der Waals surface area (Å²) in [5.74, 6) is 1.46. The molecule has 3 heterocycles. The van der Waals surface area contributed by atoms with Gasteiger partial charge in [-0.25, -0.2) is 8.42 Å². The molecule has 1 aliphatic heterocycles. The molecular formula is C26H23BrN4O3S2. The molecule has 4 aromatic rings. The van der Waals surface area contributed by atoms with Crippen LogP contribution in [0.4, 0.5) is 11.4 Å².